The number of carbonyl (C=O) groups excluding carboxylic acids is 2. The molecule has 182 valence electrons. The number of rotatable bonds is 6. The fourth-order valence-corrected chi connectivity index (χ4v) is 4.82. The number of hydrogen-bond acceptors (Lipinski definition) is 4. The maximum atomic E-state index is 13.6. The van der Waals surface area contributed by atoms with Gasteiger partial charge in [-0.1, -0.05) is 42.0 Å². The van der Waals surface area contributed by atoms with E-state index in [1.165, 1.54) is 4.68 Å². The Labute approximate surface area is 213 Å². The van der Waals surface area contributed by atoms with Gasteiger partial charge >= 0.3 is 0 Å². The second-order valence-electron chi connectivity index (χ2n) is 8.82. The smallest absolute Gasteiger partial charge is 0.270 e. The number of nitrogens with zero attached hydrogens (tertiary/aromatic N) is 3. The molecule has 2 heterocycles. The molecule has 0 fully saturated rings. The van der Waals surface area contributed by atoms with Crippen LogP contribution >= 0.6 is 11.6 Å². The molecule has 9 heteroatoms. The molecule has 0 bridgehead atoms. The molecule has 0 aliphatic heterocycles. The Morgan fingerprint density at radius 3 is 2.56 bits per heavy atom. The van der Waals surface area contributed by atoms with Crippen LogP contribution in [0.2, 0.25) is 5.02 Å². The molecule has 0 saturated carbocycles. The third-order valence-electron chi connectivity index (χ3n) is 6.44. The number of fused-ring (bicyclic) bond motifs is 1. The van der Waals surface area contributed by atoms with Crippen molar-refractivity contribution in [1.29, 1.82) is 0 Å². The number of aromatic amines is 1. The first kappa shape index (κ1) is 23.6. The monoisotopic (exact) mass is 500 g/mol. The van der Waals surface area contributed by atoms with Crippen molar-refractivity contribution in [2.45, 2.75) is 25.8 Å². The normalized spacial score (nSPS) is 14.9. The Hall–Kier alpha value is -4.17. The van der Waals surface area contributed by atoms with Gasteiger partial charge in [0.2, 0.25) is 5.91 Å². The molecular weight excluding hydrogens is 476 g/mol. The van der Waals surface area contributed by atoms with E-state index < -0.39 is 6.04 Å². The molecule has 36 heavy (non-hydrogen) atoms. The summed E-state index contributed by atoms with van der Waals surface area (Å²) in [5, 5.41) is 17.8. The summed E-state index contributed by atoms with van der Waals surface area (Å²) in [6, 6.07) is 13.8. The van der Waals surface area contributed by atoms with E-state index in [0.717, 1.165) is 33.6 Å². The van der Waals surface area contributed by atoms with Crippen LogP contribution in [0.3, 0.4) is 0 Å². The Morgan fingerprint density at radius 2 is 1.89 bits per heavy atom. The minimum atomic E-state index is -0.874. The van der Waals surface area contributed by atoms with Crippen LogP contribution in [0.5, 0.6) is 0 Å². The number of nitrogens with one attached hydrogen (secondary N) is 3. The van der Waals surface area contributed by atoms with Crippen molar-refractivity contribution < 1.29 is 9.59 Å². The van der Waals surface area contributed by atoms with Crippen molar-refractivity contribution in [2.24, 2.45) is 7.05 Å². The summed E-state index contributed by atoms with van der Waals surface area (Å²) < 4.78 is 1.47. The van der Waals surface area contributed by atoms with Crippen LogP contribution in [0.1, 0.15) is 38.9 Å². The SMILES string of the molecule is Cc1n[nH]c(C)c1-c1ccc(NC(=O)[C@@H](NC(=O)c2ccnn2C)[C@@H]2C=Cc3ccc(Cl)cc32)cc1. The molecule has 3 N–H and O–H groups in total. The zero-order valence-corrected chi connectivity index (χ0v) is 20.8. The number of hydrogen-bond donors (Lipinski definition) is 3. The lowest BCUT2D eigenvalue weighted by Crippen LogP contribution is -2.47. The molecule has 5 rings (SSSR count). The van der Waals surface area contributed by atoms with Gasteiger partial charge < -0.3 is 10.6 Å². The van der Waals surface area contributed by atoms with Crippen LogP contribution in [-0.2, 0) is 11.8 Å². The van der Waals surface area contributed by atoms with E-state index in [9.17, 15) is 9.59 Å². The summed E-state index contributed by atoms with van der Waals surface area (Å²) in [4.78, 5) is 26.6. The number of amides is 2. The van der Waals surface area contributed by atoms with E-state index >= 15 is 0 Å². The van der Waals surface area contributed by atoms with Crippen LogP contribution in [0, 0.1) is 13.8 Å². The second kappa shape index (κ2) is 9.47. The van der Waals surface area contributed by atoms with E-state index in [1.54, 1.807) is 25.4 Å². The lowest BCUT2D eigenvalue weighted by molar-refractivity contribution is -0.118. The number of carbonyl (C=O) groups is 2. The highest BCUT2D eigenvalue weighted by Crippen LogP contribution is 2.35. The van der Waals surface area contributed by atoms with E-state index in [-0.39, 0.29) is 17.7 Å². The van der Waals surface area contributed by atoms with Gasteiger partial charge in [0, 0.05) is 41.1 Å². The average Bonchev–Trinajstić information content (AvgIpc) is 3.56. The number of halogens is 1. The lowest BCUT2D eigenvalue weighted by Gasteiger charge is -2.24. The zero-order valence-electron chi connectivity index (χ0n) is 20.0. The first-order valence-corrected chi connectivity index (χ1v) is 11.9. The fourth-order valence-electron chi connectivity index (χ4n) is 4.63. The standard InChI is InChI=1S/C27H25ClN6O2/c1-15-24(16(2)33-32-15)18-5-9-20(10-6-18)30-27(36)25(31-26(35)23-12-13-29-34(23)3)21-11-7-17-4-8-19(28)14-22(17)21/h4-14,21,25H,1-3H3,(H,30,36)(H,31,35)(H,32,33)/t21-,25+/m1/s1. The number of H-pyrrole nitrogens is 1. The maximum Gasteiger partial charge on any atom is 0.270 e. The zero-order chi connectivity index (χ0) is 25.4. The molecule has 2 atom stereocenters. The summed E-state index contributed by atoms with van der Waals surface area (Å²) >= 11 is 6.26. The summed E-state index contributed by atoms with van der Waals surface area (Å²) in [5.41, 5.74) is 6.76. The third-order valence-corrected chi connectivity index (χ3v) is 6.68. The van der Waals surface area contributed by atoms with Crippen molar-refractivity contribution in [3.05, 3.63) is 94.0 Å². The molecule has 2 aromatic carbocycles. The first-order chi connectivity index (χ1) is 17.3. The van der Waals surface area contributed by atoms with Gasteiger partial charge in [0.1, 0.15) is 11.7 Å². The molecule has 2 amide bonds. The molecule has 0 unspecified atom stereocenters. The highest BCUT2D eigenvalue weighted by Gasteiger charge is 2.34. The Kier molecular flexibility index (Phi) is 6.20. The summed E-state index contributed by atoms with van der Waals surface area (Å²) in [6.07, 6.45) is 5.40. The van der Waals surface area contributed by atoms with E-state index in [2.05, 4.69) is 25.9 Å². The van der Waals surface area contributed by atoms with Crippen molar-refractivity contribution in [2.75, 3.05) is 5.32 Å². The van der Waals surface area contributed by atoms with Crippen molar-refractivity contribution in [3.63, 3.8) is 0 Å². The molecular formula is C27H25ClN6O2. The molecule has 1 aliphatic rings. The number of benzene rings is 2. The highest BCUT2D eigenvalue weighted by atomic mass is 35.5. The van der Waals surface area contributed by atoms with Gasteiger partial charge in [0.05, 0.1) is 5.69 Å². The molecule has 0 spiro atoms. The van der Waals surface area contributed by atoms with E-state index in [4.69, 9.17) is 11.6 Å². The molecule has 0 saturated heterocycles. The Morgan fingerprint density at radius 1 is 1.11 bits per heavy atom. The minimum absolute atomic E-state index is 0.337. The largest absolute Gasteiger partial charge is 0.338 e. The average molecular weight is 501 g/mol. The van der Waals surface area contributed by atoms with Crippen LogP contribution in [0.4, 0.5) is 5.69 Å². The lowest BCUT2D eigenvalue weighted by atomic mass is 9.92. The topological polar surface area (TPSA) is 105 Å². The second-order valence-corrected chi connectivity index (χ2v) is 9.26. The van der Waals surface area contributed by atoms with E-state index in [1.807, 2.05) is 62.4 Å². The van der Waals surface area contributed by atoms with Gasteiger partial charge in [-0.25, -0.2) is 0 Å². The van der Waals surface area contributed by atoms with Gasteiger partial charge in [-0.05, 0) is 60.9 Å². The summed E-state index contributed by atoms with van der Waals surface area (Å²) in [5.74, 6) is -1.11. The van der Waals surface area contributed by atoms with Crippen LogP contribution in [0.25, 0.3) is 17.2 Å². The predicted octanol–water partition coefficient (Wildman–Crippen LogP) is 4.63. The molecule has 8 nitrogen and oxygen atoms in total. The fraction of sp³-hybridized carbons (Fsp3) is 0.185. The summed E-state index contributed by atoms with van der Waals surface area (Å²) in [6.45, 7) is 3.92. The predicted molar refractivity (Wildman–Crippen MR) is 140 cm³/mol. The Bertz CT molecular complexity index is 1460. The molecule has 2 aromatic heterocycles. The third kappa shape index (κ3) is 4.43. The van der Waals surface area contributed by atoms with Crippen molar-refractivity contribution in [3.8, 4) is 11.1 Å². The highest BCUT2D eigenvalue weighted by molar-refractivity contribution is 6.30. The Balaban J connectivity index is 1.42. The number of aryl methyl sites for hydroxylation is 3. The van der Waals surface area contributed by atoms with Gasteiger partial charge in [0.15, 0.2) is 0 Å². The number of anilines is 1. The van der Waals surface area contributed by atoms with Gasteiger partial charge in [0.25, 0.3) is 5.91 Å². The number of aromatic nitrogens is 4. The molecule has 4 aromatic rings. The van der Waals surface area contributed by atoms with Crippen LogP contribution in [0.15, 0.2) is 60.8 Å². The minimum Gasteiger partial charge on any atom is -0.338 e. The molecule has 1 aliphatic carbocycles. The molecule has 0 radical (unpaired) electrons. The quantitative estimate of drug-likeness (QED) is 0.359. The summed E-state index contributed by atoms with van der Waals surface area (Å²) in [7, 11) is 1.68. The van der Waals surface area contributed by atoms with E-state index in [0.29, 0.717) is 16.4 Å². The maximum absolute atomic E-state index is 13.6. The van der Waals surface area contributed by atoms with Crippen LogP contribution < -0.4 is 10.6 Å². The first-order valence-electron chi connectivity index (χ1n) is 11.5. The van der Waals surface area contributed by atoms with Crippen molar-refractivity contribution >= 4 is 35.2 Å². The van der Waals surface area contributed by atoms with Gasteiger partial charge in [-0.2, -0.15) is 10.2 Å². The van der Waals surface area contributed by atoms with Crippen molar-refractivity contribution in [1.82, 2.24) is 25.3 Å². The van der Waals surface area contributed by atoms with Gasteiger partial charge in [-0.3, -0.25) is 19.4 Å². The van der Waals surface area contributed by atoms with Crippen LogP contribution in [-0.4, -0.2) is 37.8 Å². The van der Waals surface area contributed by atoms with Gasteiger partial charge in [-0.15, -0.1) is 0 Å².